The molecule has 0 radical (unpaired) electrons. The van der Waals surface area contributed by atoms with Gasteiger partial charge in [0.2, 0.25) is 0 Å². The number of aliphatic carboxylic acids is 1. The summed E-state index contributed by atoms with van der Waals surface area (Å²) < 4.78 is 5.36. The molecule has 0 amide bonds. The maximum Gasteiger partial charge on any atom is 0.341 e. The number of benzene rings is 2. The molecule has 1 aliphatic rings. The van der Waals surface area contributed by atoms with E-state index in [1.807, 2.05) is 31.3 Å². The average Bonchev–Trinajstić information content (AvgIpc) is 3.23. The van der Waals surface area contributed by atoms with Crippen LogP contribution in [-0.2, 0) is 11.3 Å². The number of aryl methyl sites for hydroxylation is 1. The lowest BCUT2D eigenvalue weighted by atomic mass is 10.1. The molecule has 1 fully saturated rings. The van der Waals surface area contributed by atoms with Gasteiger partial charge in [0.25, 0.3) is 0 Å². The lowest BCUT2D eigenvalue weighted by Crippen LogP contribution is -2.45. The Morgan fingerprint density at radius 2 is 1.90 bits per heavy atom. The van der Waals surface area contributed by atoms with Gasteiger partial charge in [-0.2, -0.15) is 0 Å². The van der Waals surface area contributed by atoms with Crippen LogP contribution in [-0.4, -0.2) is 53.7 Å². The highest BCUT2D eigenvalue weighted by Gasteiger charge is 2.20. The van der Waals surface area contributed by atoms with E-state index in [2.05, 4.69) is 45.1 Å². The number of thiazole rings is 1. The monoisotopic (exact) mass is 423 g/mol. The van der Waals surface area contributed by atoms with Crippen molar-refractivity contribution in [1.82, 2.24) is 9.88 Å². The molecule has 0 unspecified atom stereocenters. The summed E-state index contributed by atoms with van der Waals surface area (Å²) in [4.78, 5) is 21.4. The van der Waals surface area contributed by atoms with E-state index in [0.29, 0.717) is 5.75 Å². The number of hydrogen-bond donors (Lipinski definition) is 1. The first-order valence-corrected chi connectivity index (χ1v) is 10.8. The molecule has 0 bridgehead atoms. The van der Waals surface area contributed by atoms with E-state index in [1.165, 1.54) is 10.4 Å². The molecule has 1 aliphatic heterocycles. The van der Waals surface area contributed by atoms with E-state index >= 15 is 0 Å². The number of piperazine rings is 1. The molecule has 3 aromatic rings. The van der Waals surface area contributed by atoms with Crippen LogP contribution in [0.1, 0.15) is 11.1 Å². The summed E-state index contributed by atoms with van der Waals surface area (Å²) in [6.45, 7) is 6.30. The van der Waals surface area contributed by atoms with Crippen molar-refractivity contribution in [3.63, 3.8) is 0 Å². The van der Waals surface area contributed by atoms with Crippen LogP contribution in [0.2, 0.25) is 0 Å². The van der Waals surface area contributed by atoms with Crippen molar-refractivity contribution >= 4 is 22.4 Å². The van der Waals surface area contributed by atoms with Crippen LogP contribution in [0, 0.1) is 6.92 Å². The Bertz CT molecular complexity index is 998. The molecule has 156 valence electrons. The first-order chi connectivity index (χ1) is 14.6. The van der Waals surface area contributed by atoms with Crippen molar-refractivity contribution in [2.24, 2.45) is 0 Å². The summed E-state index contributed by atoms with van der Waals surface area (Å²) >= 11 is 1.74. The van der Waals surface area contributed by atoms with Gasteiger partial charge >= 0.3 is 5.97 Å². The molecule has 1 N–H and O–H groups in total. The molecule has 1 saturated heterocycles. The Hall–Kier alpha value is -2.90. The van der Waals surface area contributed by atoms with Crippen LogP contribution >= 0.6 is 11.3 Å². The molecule has 0 atom stereocenters. The normalized spacial score (nSPS) is 14.6. The lowest BCUT2D eigenvalue weighted by Gasteiger charge is -2.34. The van der Waals surface area contributed by atoms with Gasteiger partial charge in [-0.3, -0.25) is 4.90 Å². The third-order valence-corrected chi connectivity index (χ3v) is 6.18. The number of rotatable bonds is 7. The van der Waals surface area contributed by atoms with E-state index in [-0.39, 0.29) is 6.61 Å². The first-order valence-electron chi connectivity index (χ1n) is 10.0. The van der Waals surface area contributed by atoms with Gasteiger partial charge in [0, 0.05) is 38.9 Å². The van der Waals surface area contributed by atoms with Crippen molar-refractivity contribution < 1.29 is 14.6 Å². The van der Waals surface area contributed by atoms with Crippen LogP contribution in [0.15, 0.2) is 54.7 Å². The SMILES string of the molecule is Cc1cc(CN2CCN(c3ncc(-c4ccccc4)s3)CC2)cc(OCC(=O)O)c1. The van der Waals surface area contributed by atoms with Crippen LogP contribution in [0.4, 0.5) is 5.13 Å². The van der Waals surface area contributed by atoms with Gasteiger partial charge in [0.05, 0.1) is 4.88 Å². The predicted molar refractivity (Wildman–Crippen MR) is 119 cm³/mol. The maximum atomic E-state index is 10.7. The van der Waals surface area contributed by atoms with Gasteiger partial charge in [-0.15, -0.1) is 0 Å². The van der Waals surface area contributed by atoms with Crippen molar-refractivity contribution in [2.45, 2.75) is 13.5 Å². The van der Waals surface area contributed by atoms with Gasteiger partial charge in [-0.05, 0) is 35.7 Å². The molecular weight excluding hydrogens is 398 g/mol. The van der Waals surface area contributed by atoms with Gasteiger partial charge < -0.3 is 14.7 Å². The third-order valence-electron chi connectivity index (χ3n) is 5.07. The topological polar surface area (TPSA) is 65.9 Å². The summed E-state index contributed by atoms with van der Waals surface area (Å²) in [6.07, 6.45) is 1.97. The fourth-order valence-electron chi connectivity index (χ4n) is 3.65. The molecule has 30 heavy (non-hydrogen) atoms. The highest BCUT2D eigenvalue weighted by molar-refractivity contribution is 7.18. The van der Waals surface area contributed by atoms with Crippen molar-refractivity contribution in [1.29, 1.82) is 0 Å². The van der Waals surface area contributed by atoms with Gasteiger partial charge in [-0.25, -0.2) is 9.78 Å². The van der Waals surface area contributed by atoms with Crippen LogP contribution < -0.4 is 9.64 Å². The number of carbonyl (C=O) groups is 1. The molecule has 1 aromatic heterocycles. The second kappa shape index (κ2) is 9.28. The van der Waals surface area contributed by atoms with E-state index in [1.54, 1.807) is 11.3 Å². The smallest absolute Gasteiger partial charge is 0.341 e. The lowest BCUT2D eigenvalue weighted by molar-refractivity contribution is -0.139. The summed E-state index contributed by atoms with van der Waals surface area (Å²) in [6, 6.07) is 16.3. The largest absolute Gasteiger partial charge is 0.482 e. The van der Waals surface area contributed by atoms with Crippen molar-refractivity contribution in [2.75, 3.05) is 37.7 Å². The number of nitrogens with zero attached hydrogens (tertiary/aromatic N) is 3. The zero-order valence-electron chi connectivity index (χ0n) is 17.0. The number of hydrogen-bond acceptors (Lipinski definition) is 6. The standard InChI is InChI=1S/C23H25N3O3S/c1-17-11-18(13-20(12-17)29-16-22(27)28)15-25-7-9-26(10-8-25)23-24-14-21(30-23)19-5-3-2-4-6-19/h2-6,11-14H,7-10,15-16H2,1H3,(H,27,28). The zero-order chi connectivity index (χ0) is 20.9. The van der Waals surface area contributed by atoms with Gasteiger partial charge in [-0.1, -0.05) is 47.7 Å². The van der Waals surface area contributed by atoms with Gasteiger partial charge in [0.1, 0.15) is 5.75 Å². The number of carboxylic acids is 1. The zero-order valence-corrected chi connectivity index (χ0v) is 17.8. The molecule has 2 heterocycles. The fraction of sp³-hybridized carbons (Fsp3) is 0.304. The minimum Gasteiger partial charge on any atom is -0.482 e. The molecule has 0 saturated carbocycles. The van der Waals surface area contributed by atoms with Crippen LogP contribution in [0.5, 0.6) is 5.75 Å². The minimum atomic E-state index is -0.966. The summed E-state index contributed by atoms with van der Waals surface area (Å²) in [5, 5.41) is 9.89. The third kappa shape index (κ3) is 5.17. The van der Waals surface area contributed by atoms with Crippen molar-refractivity contribution in [3.05, 3.63) is 65.9 Å². The maximum absolute atomic E-state index is 10.7. The number of anilines is 1. The number of aromatic nitrogens is 1. The molecule has 7 heteroatoms. The van der Waals surface area contributed by atoms with E-state index < -0.39 is 5.97 Å². The Balaban J connectivity index is 1.34. The molecule has 6 nitrogen and oxygen atoms in total. The van der Waals surface area contributed by atoms with E-state index in [4.69, 9.17) is 9.84 Å². The van der Waals surface area contributed by atoms with Crippen LogP contribution in [0.3, 0.4) is 0 Å². The highest BCUT2D eigenvalue weighted by atomic mass is 32.1. The number of ether oxygens (including phenoxy) is 1. The molecule has 0 aliphatic carbocycles. The summed E-state index contributed by atoms with van der Waals surface area (Å²) in [5.41, 5.74) is 3.42. The van der Waals surface area contributed by atoms with E-state index in [9.17, 15) is 4.79 Å². The first kappa shape index (κ1) is 20.4. The molecule has 2 aromatic carbocycles. The highest BCUT2D eigenvalue weighted by Crippen LogP contribution is 2.31. The molecule has 4 rings (SSSR count). The van der Waals surface area contributed by atoms with E-state index in [0.717, 1.165) is 49.0 Å². The fourth-order valence-corrected chi connectivity index (χ4v) is 4.62. The number of carboxylic acid groups (broad SMARTS) is 1. The van der Waals surface area contributed by atoms with Crippen LogP contribution in [0.25, 0.3) is 10.4 Å². The van der Waals surface area contributed by atoms with Gasteiger partial charge in [0.15, 0.2) is 11.7 Å². The second-order valence-corrected chi connectivity index (χ2v) is 8.48. The summed E-state index contributed by atoms with van der Waals surface area (Å²) in [5.74, 6) is -0.353. The Labute approximate surface area is 180 Å². The Morgan fingerprint density at radius 1 is 1.13 bits per heavy atom. The predicted octanol–water partition coefficient (Wildman–Crippen LogP) is 3.90. The molecular formula is C23H25N3O3S. The Kier molecular flexibility index (Phi) is 6.30. The molecule has 0 spiro atoms. The summed E-state index contributed by atoms with van der Waals surface area (Å²) in [7, 11) is 0. The Morgan fingerprint density at radius 3 is 2.63 bits per heavy atom. The minimum absolute atomic E-state index is 0.319. The second-order valence-electron chi connectivity index (χ2n) is 7.47. The quantitative estimate of drug-likeness (QED) is 0.622. The average molecular weight is 424 g/mol. The van der Waals surface area contributed by atoms with Crippen molar-refractivity contribution in [3.8, 4) is 16.2 Å².